The van der Waals surface area contributed by atoms with Gasteiger partial charge in [-0.1, -0.05) is 11.1 Å². The molecule has 0 aromatic rings. The van der Waals surface area contributed by atoms with Gasteiger partial charge in [0.05, 0.1) is 13.2 Å². The summed E-state index contributed by atoms with van der Waals surface area (Å²) in [4.78, 5) is -0.197. The molecule has 104 valence electrons. The zero-order valence-corrected chi connectivity index (χ0v) is 11.5. The molecule has 0 aromatic heterocycles. The van der Waals surface area contributed by atoms with Crippen molar-refractivity contribution in [1.29, 1.82) is 0 Å². The SMILES string of the molecule is CC1=C(C)CC(N2CCOCC2)(C(F)(F)F)SC1. The summed E-state index contributed by atoms with van der Waals surface area (Å²) in [7, 11) is 0. The normalized spacial score (nSPS) is 31.8. The largest absolute Gasteiger partial charge is 0.416 e. The lowest BCUT2D eigenvalue weighted by molar-refractivity contribution is -0.206. The summed E-state index contributed by atoms with van der Waals surface area (Å²) in [6.07, 6.45) is -4.13. The van der Waals surface area contributed by atoms with E-state index in [0.717, 1.165) is 22.9 Å². The zero-order valence-electron chi connectivity index (χ0n) is 10.6. The summed E-state index contributed by atoms with van der Waals surface area (Å²) in [5.41, 5.74) is 1.95. The van der Waals surface area contributed by atoms with E-state index in [0.29, 0.717) is 32.1 Å². The van der Waals surface area contributed by atoms with Crippen molar-refractivity contribution >= 4 is 11.8 Å². The van der Waals surface area contributed by atoms with Crippen molar-refractivity contribution in [3.63, 3.8) is 0 Å². The highest BCUT2D eigenvalue weighted by molar-refractivity contribution is 8.00. The van der Waals surface area contributed by atoms with E-state index >= 15 is 0 Å². The molecule has 0 radical (unpaired) electrons. The predicted molar refractivity (Wildman–Crippen MR) is 66.6 cm³/mol. The molecule has 18 heavy (non-hydrogen) atoms. The molecule has 0 saturated carbocycles. The maximum absolute atomic E-state index is 13.6. The van der Waals surface area contributed by atoms with Crippen LogP contribution in [-0.2, 0) is 4.74 Å². The monoisotopic (exact) mass is 281 g/mol. The first-order valence-electron chi connectivity index (χ1n) is 6.05. The van der Waals surface area contributed by atoms with E-state index in [1.54, 1.807) is 4.90 Å². The Balaban J connectivity index is 2.30. The molecule has 0 aliphatic carbocycles. The van der Waals surface area contributed by atoms with Gasteiger partial charge in [-0.3, -0.25) is 4.90 Å². The minimum Gasteiger partial charge on any atom is -0.379 e. The number of halogens is 3. The highest BCUT2D eigenvalue weighted by Crippen LogP contribution is 2.51. The van der Waals surface area contributed by atoms with Crippen LogP contribution >= 0.6 is 11.8 Å². The van der Waals surface area contributed by atoms with Crippen LogP contribution in [0.3, 0.4) is 0 Å². The highest BCUT2D eigenvalue weighted by Gasteiger charge is 2.59. The Bertz CT molecular complexity index is 350. The number of hydrogen-bond donors (Lipinski definition) is 0. The van der Waals surface area contributed by atoms with Gasteiger partial charge < -0.3 is 4.74 Å². The molecule has 2 aliphatic rings. The van der Waals surface area contributed by atoms with E-state index in [9.17, 15) is 13.2 Å². The Kier molecular flexibility index (Phi) is 3.99. The van der Waals surface area contributed by atoms with Gasteiger partial charge in [-0.05, 0) is 13.8 Å². The molecule has 1 atom stereocenters. The Morgan fingerprint density at radius 2 is 1.78 bits per heavy atom. The second-order valence-electron chi connectivity index (χ2n) is 4.91. The second-order valence-corrected chi connectivity index (χ2v) is 6.16. The quantitative estimate of drug-likeness (QED) is 0.685. The minimum absolute atomic E-state index is 0.0764. The number of hydrogen-bond acceptors (Lipinski definition) is 3. The summed E-state index contributed by atoms with van der Waals surface area (Å²) < 4.78 is 45.8. The molecule has 0 bridgehead atoms. The standard InChI is InChI=1S/C12H18F3NOS/c1-9-7-11(12(13,14)15,18-8-10(9)2)16-3-5-17-6-4-16/h3-8H2,1-2H3. The van der Waals surface area contributed by atoms with Crippen molar-refractivity contribution in [2.75, 3.05) is 32.1 Å². The molecule has 1 fully saturated rings. The number of thioether (sulfide) groups is 1. The van der Waals surface area contributed by atoms with Crippen molar-refractivity contribution in [3.8, 4) is 0 Å². The van der Waals surface area contributed by atoms with Gasteiger partial charge in [0, 0.05) is 25.3 Å². The Labute approximate surface area is 110 Å². The van der Waals surface area contributed by atoms with Crippen LogP contribution < -0.4 is 0 Å². The van der Waals surface area contributed by atoms with Crippen LogP contribution in [0.2, 0.25) is 0 Å². The van der Waals surface area contributed by atoms with Gasteiger partial charge in [0.2, 0.25) is 0 Å². The van der Waals surface area contributed by atoms with Crippen molar-refractivity contribution in [2.24, 2.45) is 0 Å². The number of nitrogens with zero attached hydrogens (tertiary/aromatic N) is 1. The van der Waals surface area contributed by atoms with E-state index < -0.39 is 11.0 Å². The van der Waals surface area contributed by atoms with Crippen LogP contribution in [0.4, 0.5) is 13.2 Å². The van der Waals surface area contributed by atoms with E-state index in [4.69, 9.17) is 4.74 Å². The van der Waals surface area contributed by atoms with Gasteiger partial charge in [-0.25, -0.2) is 0 Å². The summed E-state index contributed by atoms with van der Waals surface area (Å²) >= 11 is 1.02. The van der Waals surface area contributed by atoms with Gasteiger partial charge in [0.15, 0.2) is 4.87 Å². The van der Waals surface area contributed by atoms with E-state index in [-0.39, 0.29) is 6.42 Å². The van der Waals surface area contributed by atoms with Gasteiger partial charge in [0.1, 0.15) is 0 Å². The molecule has 2 aliphatic heterocycles. The summed E-state index contributed by atoms with van der Waals surface area (Å²) in [6, 6.07) is 0. The third-order valence-electron chi connectivity index (χ3n) is 3.73. The molecule has 1 saturated heterocycles. The van der Waals surface area contributed by atoms with Crippen molar-refractivity contribution in [2.45, 2.75) is 31.3 Å². The first kappa shape index (κ1) is 14.2. The van der Waals surface area contributed by atoms with Crippen LogP contribution in [-0.4, -0.2) is 48.0 Å². The average molecular weight is 281 g/mol. The number of ether oxygens (including phenoxy) is 1. The maximum atomic E-state index is 13.6. The van der Waals surface area contributed by atoms with Gasteiger partial charge >= 0.3 is 6.18 Å². The predicted octanol–water partition coefficient (Wildman–Crippen LogP) is 3.05. The third kappa shape index (κ3) is 2.42. The van der Waals surface area contributed by atoms with Crippen LogP contribution in [0.5, 0.6) is 0 Å². The first-order chi connectivity index (χ1) is 8.37. The molecular formula is C12H18F3NOS. The number of morpholine rings is 1. The zero-order chi connectivity index (χ0) is 13.4. The lowest BCUT2D eigenvalue weighted by Gasteiger charge is -2.48. The number of rotatable bonds is 1. The lowest BCUT2D eigenvalue weighted by atomic mass is 10.00. The third-order valence-corrected chi connectivity index (χ3v) is 5.41. The molecule has 1 unspecified atom stereocenters. The summed E-state index contributed by atoms with van der Waals surface area (Å²) in [5, 5.41) is 0. The second kappa shape index (κ2) is 5.06. The Hall–Kier alpha value is -0.200. The van der Waals surface area contributed by atoms with Crippen LogP contribution in [0.15, 0.2) is 11.1 Å². The van der Waals surface area contributed by atoms with E-state index in [2.05, 4.69) is 0 Å². The number of alkyl halides is 3. The van der Waals surface area contributed by atoms with Gasteiger partial charge in [0.25, 0.3) is 0 Å². The van der Waals surface area contributed by atoms with E-state index in [1.165, 1.54) is 0 Å². The molecule has 2 rings (SSSR count). The average Bonchev–Trinajstić information content (AvgIpc) is 2.32. The van der Waals surface area contributed by atoms with Crippen molar-refractivity contribution in [3.05, 3.63) is 11.1 Å². The van der Waals surface area contributed by atoms with Crippen LogP contribution in [0.1, 0.15) is 20.3 Å². The fraction of sp³-hybridized carbons (Fsp3) is 0.833. The van der Waals surface area contributed by atoms with Gasteiger partial charge in [-0.15, -0.1) is 11.8 Å². The highest BCUT2D eigenvalue weighted by atomic mass is 32.2. The molecule has 0 N–H and O–H groups in total. The first-order valence-corrected chi connectivity index (χ1v) is 7.04. The Morgan fingerprint density at radius 1 is 1.17 bits per heavy atom. The molecular weight excluding hydrogens is 263 g/mol. The smallest absolute Gasteiger partial charge is 0.379 e. The lowest BCUT2D eigenvalue weighted by Crippen LogP contribution is -2.60. The fourth-order valence-corrected chi connectivity index (χ4v) is 3.95. The van der Waals surface area contributed by atoms with Gasteiger partial charge in [-0.2, -0.15) is 13.2 Å². The van der Waals surface area contributed by atoms with Crippen molar-refractivity contribution < 1.29 is 17.9 Å². The van der Waals surface area contributed by atoms with Crippen molar-refractivity contribution in [1.82, 2.24) is 4.90 Å². The summed E-state index contributed by atoms with van der Waals surface area (Å²) in [6.45, 7) is 5.23. The summed E-state index contributed by atoms with van der Waals surface area (Å²) in [5.74, 6) is 0.461. The molecule has 2 heterocycles. The topological polar surface area (TPSA) is 12.5 Å². The molecule has 0 amide bonds. The van der Waals surface area contributed by atoms with Crippen LogP contribution in [0.25, 0.3) is 0 Å². The van der Waals surface area contributed by atoms with E-state index in [1.807, 2.05) is 13.8 Å². The maximum Gasteiger partial charge on any atom is 0.416 e. The molecule has 0 aromatic carbocycles. The van der Waals surface area contributed by atoms with Crippen LogP contribution in [0, 0.1) is 0 Å². The molecule has 2 nitrogen and oxygen atoms in total. The molecule has 0 spiro atoms. The fourth-order valence-electron chi connectivity index (χ4n) is 2.40. The Morgan fingerprint density at radius 3 is 2.28 bits per heavy atom. The minimum atomic E-state index is -4.21. The molecule has 6 heteroatoms.